The number of nitrogens with zero attached hydrogens (tertiary/aromatic N) is 3. The number of amides is 1. The van der Waals surface area contributed by atoms with Gasteiger partial charge in [-0.2, -0.15) is 5.21 Å². The number of tetrazole rings is 1. The van der Waals surface area contributed by atoms with E-state index < -0.39 is 11.4 Å². The third kappa shape index (κ3) is 2.48. The lowest BCUT2D eigenvalue weighted by Gasteiger charge is -2.28. The van der Waals surface area contributed by atoms with Gasteiger partial charge in [-0.1, -0.05) is 6.92 Å². The molecule has 0 aliphatic rings. The first-order valence-electron chi connectivity index (χ1n) is 4.45. The maximum absolute atomic E-state index is 11.5. The average molecular weight is 215 g/mol. The number of carbonyl (C=O) groups is 1. The molecule has 0 spiro atoms. The topological polar surface area (TPSA) is 124 Å². The monoisotopic (exact) mass is 215 g/mol. The fourth-order valence-corrected chi connectivity index (χ4v) is 0.996. The molecule has 8 heteroatoms. The first-order chi connectivity index (χ1) is 7.17. The zero-order valence-electron chi connectivity index (χ0n) is 8.27. The number of hydrogen-bond acceptors (Lipinski definition) is 6. The summed E-state index contributed by atoms with van der Waals surface area (Å²) in [5.41, 5.74) is -1.04. The summed E-state index contributed by atoms with van der Waals surface area (Å²) in [4.78, 5) is 11.5. The Morgan fingerprint density at radius 1 is 1.53 bits per heavy atom. The van der Waals surface area contributed by atoms with Gasteiger partial charge in [0, 0.05) is 0 Å². The normalized spacial score (nSPS) is 11.4. The SMILES string of the molecule is CCC(CO)(CO)NC(=O)c1nn[nH]n1. The summed E-state index contributed by atoms with van der Waals surface area (Å²) in [5.74, 6) is -0.719. The maximum Gasteiger partial charge on any atom is 0.293 e. The number of nitrogens with one attached hydrogen (secondary N) is 2. The molecule has 0 bridgehead atoms. The minimum atomic E-state index is -1.04. The van der Waals surface area contributed by atoms with Crippen LogP contribution < -0.4 is 5.32 Å². The van der Waals surface area contributed by atoms with Crippen molar-refractivity contribution < 1.29 is 15.0 Å². The van der Waals surface area contributed by atoms with Crippen LogP contribution in [0.15, 0.2) is 0 Å². The molecule has 0 aromatic carbocycles. The lowest BCUT2D eigenvalue weighted by Crippen LogP contribution is -2.54. The molecule has 0 radical (unpaired) electrons. The second-order valence-electron chi connectivity index (χ2n) is 3.14. The molecule has 1 aromatic rings. The third-order valence-electron chi connectivity index (χ3n) is 2.21. The zero-order valence-corrected chi connectivity index (χ0v) is 8.27. The van der Waals surface area contributed by atoms with E-state index in [0.29, 0.717) is 6.42 Å². The van der Waals surface area contributed by atoms with Crippen molar-refractivity contribution in [1.29, 1.82) is 0 Å². The van der Waals surface area contributed by atoms with Gasteiger partial charge in [0.05, 0.1) is 18.8 Å². The second kappa shape index (κ2) is 4.80. The van der Waals surface area contributed by atoms with E-state index in [1.54, 1.807) is 6.92 Å². The highest BCUT2D eigenvalue weighted by Crippen LogP contribution is 2.08. The number of rotatable bonds is 5. The maximum atomic E-state index is 11.5. The fraction of sp³-hybridized carbons (Fsp3) is 0.714. The molecule has 0 fully saturated rings. The molecule has 1 heterocycles. The zero-order chi connectivity index (χ0) is 11.3. The molecule has 0 aliphatic carbocycles. The van der Waals surface area contributed by atoms with Crippen LogP contribution in [0.4, 0.5) is 0 Å². The number of aromatic amines is 1. The number of hydrogen-bond donors (Lipinski definition) is 4. The van der Waals surface area contributed by atoms with Gasteiger partial charge >= 0.3 is 0 Å². The van der Waals surface area contributed by atoms with E-state index in [4.69, 9.17) is 10.2 Å². The minimum absolute atomic E-state index is 0.130. The Morgan fingerprint density at radius 2 is 2.20 bits per heavy atom. The molecule has 1 aromatic heterocycles. The Hall–Kier alpha value is -1.54. The summed E-state index contributed by atoms with van der Waals surface area (Å²) in [6.45, 7) is 1.02. The number of aromatic nitrogens is 4. The van der Waals surface area contributed by atoms with Gasteiger partial charge in [0.15, 0.2) is 0 Å². The van der Waals surface area contributed by atoms with Gasteiger partial charge < -0.3 is 15.5 Å². The Labute approximate surface area is 85.7 Å². The highest BCUT2D eigenvalue weighted by molar-refractivity contribution is 5.90. The van der Waals surface area contributed by atoms with E-state index in [9.17, 15) is 4.79 Å². The molecule has 1 rings (SSSR count). The summed E-state index contributed by atoms with van der Waals surface area (Å²) in [7, 11) is 0. The predicted octanol–water partition coefficient (Wildman–Crippen LogP) is -1.94. The van der Waals surface area contributed by atoms with Crippen LogP contribution in [-0.2, 0) is 0 Å². The number of aliphatic hydroxyl groups excluding tert-OH is 2. The molecule has 8 nitrogen and oxygen atoms in total. The Balaban J connectivity index is 2.71. The van der Waals surface area contributed by atoms with Gasteiger partial charge in [-0.05, 0) is 11.6 Å². The van der Waals surface area contributed by atoms with E-state index in [-0.39, 0.29) is 19.0 Å². The standard InChI is InChI=1S/C7H13N5O3/c1-2-7(3-13,4-14)8-6(15)5-9-11-12-10-5/h13-14H,2-4H2,1H3,(H,8,15)(H,9,10,11,12). The Morgan fingerprint density at radius 3 is 2.60 bits per heavy atom. The molecule has 15 heavy (non-hydrogen) atoms. The van der Waals surface area contributed by atoms with E-state index in [1.165, 1.54) is 0 Å². The van der Waals surface area contributed by atoms with Gasteiger partial charge in [-0.15, -0.1) is 10.2 Å². The van der Waals surface area contributed by atoms with E-state index in [2.05, 4.69) is 25.9 Å². The summed E-state index contributed by atoms with van der Waals surface area (Å²) >= 11 is 0. The number of carbonyl (C=O) groups excluding carboxylic acids is 1. The van der Waals surface area contributed by atoms with E-state index in [0.717, 1.165) is 0 Å². The molecule has 0 aliphatic heterocycles. The van der Waals surface area contributed by atoms with Gasteiger partial charge in [0.25, 0.3) is 11.7 Å². The molecule has 0 atom stereocenters. The van der Waals surface area contributed by atoms with Crippen LogP contribution in [-0.4, -0.2) is 55.5 Å². The van der Waals surface area contributed by atoms with Crippen LogP contribution in [0.5, 0.6) is 0 Å². The smallest absolute Gasteiger partial charge is 0.293 e. The molecule has 84 valence electrons. The van der Waals surface area contributed by atoms with Crippen molar-refractivity contribution in [3.05, 3.63) is 5.82 Å². The Bertz CT molecular complexity index is 300. The quantitative estimate of drug-likeness (QED) is 0.453. The summed E-state index contributed by atoms with van der Waals surface area (Å²) in [6, 6.07) is 0. The van der Waals surface area contributed by atoms with Crippen LogP contribution in [0, 0.1) is 0 Å². The fourth-order valence-electron chi connectivity index (χ4n) is 0.996. The highest BCUT2D eigenvalue weighted by Gasteiger charge is 2.30. The molecule has 0 saturated carbocycles. The van der Waals surface area contributed by atoms with Crippen molar-refractivity contribution >= 4 is 5.91 Å². The predicted molar refractivity (Wildman–Crippen MR) is 48.8 cm³/mol. The first kappa shape index (κ1) is 11.5. The molecule has 0 saturated heterocycles. The summed E-state index contributed by atoms with van der Waals surface area (Å²) < 4.78 is 0. The van der Waals surface area contributed by atoms with E-state index in [1.807, 2.05) is 0 Å². The lowest BCUT2D eigenvalue weighted by atomic mass is 9.98. The third-order valence-corrected chi connectivity index (χ3v) is 2.21. The summed E-state index contributed by atoms with van der Waals surface area (Å²) in [5, 5.41) is 33.0. The molecule has 4 N–H and O–H groups in total. The molecule has 0 unspecified atom stereocenters. The first-order valence-corrected chi connectivity index (χ1v) is 4.45. The number of aliphatic hydroxyl groups is 2. The van der Waals surface area contributed by atoms with Crippen LogP contribution >= 0.6 is 0 Å². The average Bonchev–Trinajstić information content (AvgIpc) is 2.79. The van der Waals surface area contributed by atoms with Crippen molar-refractivity contribution in [3.8, 4) is 0 Å². The highest BCUT2D eigenvalue weighted by atomic mass is 16.3. The van der Waals surface area contributed by atoms with Gasteiger partial charge in [0.2, 0.25) is 0 Å². The number of H-pyrrole nitrogens is 1. The summed E-state index contributed by atoms with van der Waals surface area (Å²) in [6.07, 6.45) is 0.392. The van der Waals surface area contributed by atoms with Crippen molar-refractivity contribution in [1.82, 2.24) is 25.9 Å². The molecular weight excluding hydrogens is 202 g/mol. The Kier molecular flexibility index (Phi) is 3.69. The lowest BCUT2D eigenvalue weighted by molar-refractivity contribution is 0.0645. The van der Waals surface area contributed by atoms with Crippen molar-refractivity contribution in [3.63, 3.8) is 0 Å². The molecule has 1 amide bonds. The second-order valence-corrected chi connectivity index (χ2v) is 3.14. The van der Waals surface area contributed by atoms with Crippen molar-refractivity contribution in [2.75, 3.05) is 13.2 Å². The van der Waals surface area contributed by atoms with Crippen LogP contribution in [0.3, 0.4) is 0 Å². The van der Waals surface area contributed by atoms with Crippen LogP contribution in [0.25, 0.3) is 0 Å². The van der Waals surface area contributed by atoms with Crippen LogP contribution in [0.1, 0.15) is 24.0 Å². The minimum Gasteiger partial charge on any atom is -0.394 e. The van der Waals surface area contributed by atoms with Gasteiger partial charge in [-0.25, -0.2) is 0 Å². The van der Waals surface area contributed by atoms with Gasteiger partial charge in [0.1, 0.15) is 0 Å². The van der Waals surface area contributed by atoms with Crippen LogP contribution in [0.2, 0.25) is 0 Å². The van der Waals surface area contributed by atoms with Gasteiger partial charge in [-0.3, -0.25) is 4.79 Å². The largest absolute Gasteiger partial charge is 0.394 e. The van der Waals surface area contributed by atoms with Crippen molar-refractivity contribution in [2.24, 2.45) is 0 Å². The molecular formula is C7H13N5O3. The van der Waals surface area contributed by atoms with Crippen molar-refractivity contribution in [2.45, 2.75) is 18.9 Å². The van der Waals surface area contributed by atoms with E-state index >= 15 is 0 Å².